The van der Waals surface area contributed by atoms with E-state index in [2.05, 4.69) is 37.2 Å². The average molecular weight is 612 g/mol. The molecule has 3 atom stereocenters. The van der Waals surface area contributed by atoms with Crippen LogP contribution in [0.4, 0.5) is 19.2 Å². The minimum atomic E-state index is -0.660. The molecule has 0 aliphatic heterocycles. The number of nitrogens with two attached hydrogens (primary N) is 2. The van der Waals surface area contributed by atoms with Crippen LogP contribution in [0.15, 0.2) is 60.7 Å². The lowest BCUT2D eigenvalue weighted by atomic mass is 10.1. The van der Waals surface area contributed by atoms with Gasteiger partial charge in [0.1, 0.15) is 0 Å². The number of nitrogens with one attached hydrogen (secondary N) is 7. The second-order valence-corrected chi connectivity index (χ2v) is 10.6. The second-order valence-electron chi connectivity index (χ2n) is 10.6. The fraction of sp³-hybridized carbons (Fsp3) is 0.484. The van der Waals surface area contributed by atoms with E-state index in [4.69, 9.17) is 11.5 Å². The van der Waals surface area contributed by atoms with Crippen molar-refractivity contribution < 1.29 is 19.2 Å². The van der Waals surface area contributed by atoms with E-state index >= 15 is 0 Å². The Kier molecular flexibility index (Phi) is 17.2. The second kappa shape index (κ2) is 21.2. The summed E-state index contributed by atoms with van der Waals surface area (Å²) in [5, 5.41) is 19.7. The van der Waals surface area contributed by atoms with E-state index in [1.165, 1.54) is 0 Å². The molecule has 0 radical (unpaired) electrons. The quantitative estimate of drug-likeness (QED) is 0.109. The highest BCUT2D eigenvalue weighted by Crippen LogP contribution is 2.04. The Morgan fingerprint density at radius 2 is 1.20 bits per heavy atom. The van der Waals surface area contributed by atoms with Crippen molar-refractivity contribution in [2.24, 2.45) is 17.4 Å². The van der Waals surface area contributed by atoms with Gasteiger partial charge in [0.15, 0.2) is 0 Å². The van der Waals surface area contributed by atoms with Crippen LogP contribution in [0, 0.1) is 5.92 Å². The summed E-state index contributed by atoms with van der Waals surface area (Å²) in [6, 6.07) is 16.8. The van der Waals surface area contributed by atoms with Gasteiger partial charge in [0.05, 0.1) is 6.04 Å². The minimum Gasteiger partial charge on any atom is -0.352 e. The molecule has 0 spiro atoms. The number of benzene rings is 2. The summed E-state index contributed by atoms with van der Waals surface area (Å²) in [6.45, 7) is 4.10. The number of urea groups is 4. The number of carbonyl (C=O) groups is 4. The number of hydrogen-bond acceptors (Lipinski definition) is 5. The highest BCUT2D eigenvalue weighted by atomic mass is 16.2. The van der Waals surface area contributed by atoms with Gasteiger partial charge < -0.3 is 48.7 Å². The van der Waals surface area contributed by atoms with E-state index in [9.17, 15) is 19.2 Å². The van der Waals surface area contributed by atoms with Crippen LogP contribution >= 0.6 is 0 Å². The van der Waals surface area contributed by atoms with Crippen molar-refractivity contribution in [1.82, 2.24) is 37.2 Å². The maximum absolute atomic E-state index is 12.7. The lowest BCUT2D eigenvalue weighted by Gasteiger charge is -2.22. The van der Waals surface area contributed by atoms with E-state index in [0.29, 0.717) is 39.0 Å². The number of amides is 8. The molecule has 44 heavy (non-hydrogen) atoms. The molecule has 11 N–H and O–H groups in total. The van der Waals surface area contributed by atoms with Crippen molar-refractivity contribution in [3.05, 3.63) is 71.8 Å². The van der Waals surface area contributed by atoms with Crippen LogP contribution in [-0.4, -0.2) is 68.9 Å². The summed E-state index contributed by atoms with van der Waals surface area (Å²) in [6.07, 6.45) is 3.54. The summed E-state index contributed by atoms with van der Waals surface area (Å²) >= 11 is 0. The van der Waals surface area contributed by atoms with E-state index in [-0.39, 0.29) is 49.2 Å². The zero-order valence-electron chi connectivity index (χ0n) is 25.6. The Balaban J connectivity index is 1.74. The highest BCUT2D eigenvalue weighted by Gasteiger charge is 2.17. The molecule has 0 aliphatic carbocycles. The minimum absolute atomic E-state index is 0.00654. The van der Waals surface area contributed by atoms with Crippen LogP contribution in [0.5, 0.6) is 0 Å². The summed E-state index contributed by atoms with van der Waals surface area (Å²) in [4.78, 5) is 48.9. The summed E-state index contributed by atoms with van der Waals surface area (Å²) < 4.78 is 0. The fourth-order valence-electron chi connectivity index (χ4n) is 4.44. The molecule has 2 rings (SSSR count). The molecule has 0 bridgehead atoms. The van der Waals surface area contributed by atoms with Gasteiger partial charge in [0, 0.05) is 38.8 Å². The van der Waals surface area contributed by atoms with Crippen LogP contribution in [0.3, 0.4) is 0 Å². The van der Waals surface area contributed by atoms with E-state index in [1.807, 2.05) is 67.6 Å². The Hall–Kier alpha value is -4.52. The van der Waals surface area contributed by atoms with Crippen molar-refractivity contribution in [3.63, 3.8) is 0 Å². The number of hydrogen-bond donors (Lipinski definition) is 9. The number of carbonyl (C=O) groups excluding carboxylic acids is 4. The summed E-state index contributed by atoms with van der Waals surface area (Å²) in [5.41, 5.74) is 12.9. The molecule has 2 aromatic rings. The molecule has 0 heterocycles. The van der Waals surface area contributed by atoms with Crippen LogP contribution in [0.2, 0.25) is 0 Å². The van der Waals surface area contributed by atoms with E-state index < -0.39 is 6.03 Å². The van der Waals surface area contributed by atoms with Gasteiger partial charge in [-0.3, -0.25) is 0 Å². The van der Waals surface area contributed by atoms with Gasteiger partial charge in [-0.1, -0.05) is 74.0 Å². The average Bonchev–Trinajstić information content (AvgIpc) is 3.02. The first kappa shape index (κ1) is 35.7. The fourth-order valence-corrected chi connectivity index (χ4v) is 4.44. The lowest BCUT2D eigenvalue weighted by molar-refractivity contribution is 0.227. The molecule has 13 nitrogen and oxygen atoms in total. The van der Waals surface area contributed by atoms with Crippen LogP contribution in [0.1, 0.15) is 43.7 Å². The molecular formula is C31H49N9O4. The van der Waals surface area contributed by atoms with Gasteiger partial charge in [0.25, 0.3) is 0 Å². The van der Waals surface area contributed by atoms with E-state index in [0.717, 1.165) is 30.4 Å². The Bertz CT molecular complexity index is 1120. The number of unbranched alkanes of at least 4 members (excludes halogenated alkanes) is 1. The van der Waals surface area contributed by atoms with Crippen LogP contribution in [0.25, 0.3) is 0 Å². The van der Waals surface area contributed by atoms with Crippen molar-refractivity contribution >= 4 is 24.1 Å². The predicted molar refractivity (Wildman–Crippen MR) is 172 cm³/mol. The van der Waals surface area contributed by atoms with Gasteiger partial charge in [-0.05, 0) is 49.3 Å². The number of rotatable bonds is 19. The zero-order chi connectivity index (χ0) is 32.0. The lowest BCUT2D eigenvalue weighted by Crippen LogP contribution is -2.51. The third kappa shape index (κ3) is 16.2. The Morgan fingerprint density at radius 1 is 0.659 bits per heavy atom. The molecular weight excluding hydrogens is 562 g/mol. The van der Waals surface area contributed by atoms with Gasteiger partial charge in [-0.15, -0.1) is 0 Å². The van der Waals surface area contributed by atoms with E-state index in [1.54, 1.807) is 0 Å². The van der Waals surface area contributed by atoms with Gasteiger partial charge in [-0.25, -0.2) is 19.2 Å². The predicted octanol–water partition coefficient (Wildman–Crippen LogP) is 1.89. The molecule has 242 valence electrons. The highest BCUT2D eigenvalue weighted by molar-refractivity contribution is 5.76. The van der Waals surface area contributed by atoms with Gasteiger partial charge in [0.2, 0.25) is 0 Å². The standard InChI is InChI=1S/C31H49N9O4/c1-2-23(18-34-29(42)38-22-27(39-28(33)41)17-24-11-5-3-6-12-24)19-36-31(44)40-26(15-9-10-16-32)21-37-30(43)35-20-25-13-7-4-8-14-25/h3-8,11-14,23,26-27H,2,9-10,15-22,32H2,1H3,(H3,33,39,41)(H2,34,38,42)(H2,35,37,43)(H2,36,40,44)/t23-,26-,27-/m0/s1. The zero-order valence-corrected chi connectivity index (χ0v) is 25.6. The van der Waals surface area contributed by atoms with Crippen molar-refractivity contribution in [1.29, 1.82) is 0 Å². The first-order valence-corrected chi connectivity index (χ1v) is 15.2. The maximum atomic E-state index is 12.7. The molecule has 8 amide bonds. The first-order valence-electron chi connectivity index (χ1n) is 15.2. The van der Waals surface area contributed by atoms with Crippen molar-refractivity contribution in [2.45, 2.75) is 57.7 Å². The molecule has 0 fully saturated rings. The Morgan fingerprint density at radius 3 is 1.80 bits per heavy atom. The number of primary amides is 1. The smallest absolute Gasteiger partial charge is 0.315 e. The third-order valence-corrected chi connectivity index (χ3v) is 7.01. The molecule has 0 aliphatic rings. The van der Waals surface area contributed by atoms with Crippen molar-refractivity contribution in [2.75, 3.05) is 32.7 Å². The molecule has 2 aromatic carbocycles. The molecule has 0 aromatic heterocycles. The molecule has 0 unspecified atom stereocenters. The van der Waals surface area contributed by atoms with Gasteiger partial charge in [-0.2, -0.15) is 0 Å². The van der Waals surface area contributed by atoms with Crippen molar-refractivity contribution in [3.8, 4) is 0 Å². The molecule has 0 saturated carbocycles. The molecule has 0 saturated heterocycles. The molecule has 13 heteroatoms. The largest absolute Gasteiger partial charge is 0.352 e. The van der Waals surface area contributed by atoms with Gasteiger partial charge >= 0.3 is 24.1 Å². The Labute approximate surface area is 260 Å². The summed E-state index contributed by atoms with van der Waals surface area (Å²) in [5.74, 6) is -0.00654. The summed E-state index contributed by atoms with van der Waals surface area (Å²) in [7, 11) is 0. The normalized spacial score (nSPS) is 12.6. The third-order valence-electron chi connectivity index (χ3n) is 7.01. The first-order chi connectivity index (χ1) is 21.3. The van der Waals surface area contributed by atoms with Crippen LogP contribution < -0.4 is 48.7 Å². The topological polar surface area (TPSA) is 205 Å². The van der Waals surface area contributed by atoms with Crippen LogP contribution in [-0.2, 0) is 13.0 Å². The maximum Gasteiger partial charge on any atom is 0.315 e. The SMILES string of the molecule is CC[C@@H](CNC(=O)NC[C@H](Cc1ccccc1)NC(N)=O)CNC(=O)N[C@@H](CCCCN)CNC(=O)NCc1ccccc1. The monoisotopic (exact) mass is 611 g/mol.